The van der Waals surface area contributed by atoms with Gasteiger partial charge in [0.1, 0.15) is 85.0 Å². The predicted octanol–water partition coefficient (Wildman–Crippen LogP) is -3.32. The van der Waals surface area contributed by atoms with E-state index in [0.29, 0.717) is 51.4 Å². The predicted molar refractivity (Wildman–Crippen MR) is 279 cm³/mol. The van der Waals surface area contributed by atoms with Gasteiger partial charge in [0.15, 0.2) is 31.3 Å². The van der Waals surface area contributed by atoms with E-state index in [2.05, 4.69) is 40.7 Å². The molecule has 9 fully saturated rings. The van der Waals surface area contributed by atoms with Crippen LogP contribution in [0.5, 0.6) is 0 Å². The van der Waals surface area contributed by atoms with Crippen LogP contribution in [0, 0.1) is 50.2 Å². The molecule has 0 amide bonds. The van der Waals surface area contributed by atoms with Gasteiger partial charge in [0, 0.05) is 5.41 Å². The summed E-state index contributed by atoms with van der Waals surface area (Å²) in [5, 5.41) is 163. The molecule has 31 atom stereocenters. The van der Waals surface area contributed by atoms with Gasteiger partial charge >= 0.3 is 5.97 Å². The molecule has 5 aliphatic heterocycles. The van der Waals surface area contributed by atoms with Crippen LogP contribution in [-0.2, 0) is 52.2 Å². The van der Waals surface area contributed by atoms with Crippen LogP contribution in [0.1, 0.15) is 106 Å². The third-order valence-corrected chi connectivity index (χ3v) is 22.5. The van der Waals surface area contributed by atoms with E-state index < -0.39 is 214 Å². The highest BCUT2D eigenvalue weighted by Gasteiger charge is 2.72. The Morgan fingerprint density at radius 1 is 0.602 bits per heavy atom. The molecule has 26 nitrogen and oxygen atoms in total. The Morgan fingerprint density at radius 2 is 1.23 bits per heavy atom. The third-order valence-electron chi connectivity index (χ3n) is 22.5. The van der Waals surface area contributed by atoms with E-state index in [4.69, 9.17) is 47.4 Å². The summed E-state index contributed by atoms with van der Waals surface area (Å²) in [5.41, 5.74) is -4.99. The maximum Gasteiger partial charge on any atom is 0.315 e. The van der Waals surface area contributed by atoms with Crippen molar-refractivity contribution in [2.24, 2.45) is 50.2 Å². The average Bonchev–Trinajstić information content (AvgIpc) is 1.07. The summed E-state index contributed by atoms with van der Waals surface area (Å²) in [4.78, 5) is 15.7. The molecule has 0 aromatic carbocycles. The first-order valence-electron chi connectivity index (χ1n) is 29.6. The zero-order chi connectivity index (χ0) is 60.5. The van der Waals surface area contributed by atoms with Crippen molar-refractivity contribution in [3.63, 3.8) is 0 Å². The Morgan fingerprint density at radius 3 is 1.90 bits per heavy atom. The van der Waals surface area contributed by atoms with Gasteiger partial charge in [-0.25, -0.2) is 0 Å². The van der Waals surface area contributed by atoms with Gasteiger partial charge in [0.2, 0.25) is 6.29 Å². The number of carbonyl (C=O) groups excluding carboxylic acids is 1. The minimum Gasteiger partial charge on any atom is -0.432 e. The highest BCUT2D eigenvalue weighted by Crippen LogP contribution is 2.76. The normalized spacial score (nSPS) is 55.3. The fourth-order valence-electron chi connectivity index (χ4n) is 17.3. The van der Waals surface area contributed by atoms with Gasteiger partial charge in [-0.15, -0.1) is 0 Å². The third kappa shape index (κ3) is 10.5. The van der Waals surface area contributed by atoms with Crippen LogP contribution < -0.4 is 0 Å². The van der Waals surface area contributed by atoms with Crippen LogP contribution in [0.25, 0.3) is 0 Å². The molecule has 10 aliphatic rings. The second kappa shape index (κ2) is 23.2. The first-order chi connectivity index (χ1) is 38.9. The van der Waals surface area contributed by atoms with Crippen LogP contribution in [-0.4, -0.2) is 263 Å². The Balaban J connectivity index is 0.924. The SMILES string of the molecule is C[C@@H]1O[C@@H](O[C@H]2[C@H](OC(=O)[C@]34CCC(C)(C)C[C@H]3C3=CC[C@@H]5[C@@]6(C)C[C@H](O)[C@H](O[C@@H]7O[C@H](CO)[C@@H](O)[C@H](O)[C@H]7O)[C@@](C)(CO)[C@@H]6CC[C@@]5(C)[C@]3(C)CC4)OC[C@@H](O)[C@H]2O[C@@H]2OC[C@](O)(CO)[C@H]2O)[C@H](O)[C@@H](O)[C@H]1O[C@@H]1OC[C@@H](O)[C@H](O)[C@H]1O. The first kappa shape index (κ1) is 64.2. The van der Waals surface area contributed by atoms with E-state index in [1.807, 2.05) is 6.92 Å². The zero-order valence-corrected chi connectivity index (χ0v) is 48.3. The molecule has 0 unspecified atom stereocenters. The van der Waals surface area contributed by atoms with Crippen LogP contribution in [0.3, 0.4) is 0 Å². The molecular weight excluding hydrogens is 1100 g/mol. The molecule has 0 aromatic heterocycles. The second-order valence-corrected chi connectivity index (χ2v) is 27.9. The number of aliphatic hydroxyl groups is 15. The molecule has 0 radical (unpaired) electrons. The van der Waals surface area contributed by atoms with Crippen molar-refractivity contribution in [2.75, 3.05) is 39.6 Å². The lowest BCUT2D eigenvalue weighted by atomic mass is 9.33. The second-order valence-electron chi connectivity index (χ2n) is 27.9. The fraction of sp³-hybridized carbons (Fsp3) is 0.947. The Kier molecular flexibility index (Phi) is 18.0. The summed E-state index contributed by atoms with van der Waals surface area (Å²) >= 11 is 0. The number of esters is 1. The van der Waals surface area contributed by atoms with Gasteiger partial charge in [-0.2, -0.15) is 0 Å². The molecule has 5 saturated heterocycles. The molecule has 5 heterocycles. The Hall–Kier alpha value is -1.75. The molecular formula is C57H92O26. The number of hydrogen-bond acceptors (Lipinski definition) is 26. The lowest BCUT2D eigenvalue weighted by Crippen LogP contribution is -2.69. The van der Waals surface area contributed by atoms with E-state index in [0.717, 1.165) is 5.57 Å². The minimum absolute atomic E-state index is 0.0468. The van der Waals surface area contributed by atoms with Crippen LogP contribution in [0.4, 0.5) is 0 Å². The number of carbonyl (C=O) groups is 1. The number of fused-ring (bicyclic) bond motifs is 7. The monoisotopic (exact) mass is 1190 g/mol. The zero-order valence-electron chi connectivity index (χ0n) is 48.3. The van der Waals surface area contributed by atoms with E-state index in [1.54, 1.807) is 0 Å². The largest absolute Gasteiger partial charge is 0.432 e. The quantitative estimate of drug-likeness (QED) is 0.0487. The number of allylic oxidation sites excluding steroid dienone is 2. The van der Waals surface area contributed by atoms with Crippen LogP contribution in [0.15, 0.2) is 11.6 Å². The Bertz CT molecular complexity index is 2330. The summed E-state index contributed by atoms with van der Waals surface area (Å²) < 4.78 is 60.1. The number of hydrogen-bond donors (Lipinski definition) is 15. The summed E-state index contributed by atoms with van der Waals surface area (Å²) in [6.45, 7) is 10.9. The molecule has 15 N–H and O–H groups in total. The van der Waals surface area contributed by atoms with E-state index in [1.165, 1.54) is 6.92 Å². The molecule has 26 heteroatoms. The molecule has 476 valence electrons. The molecule has 5 aliphatic carbocycles. The number of ether oxygens (including phenoxy) is 10. The first-order valence-corrected chi connectivity index (χ1v) is 29.6. The van der Waals surface area contributed by atoms with Crippen molar-refractivity contribution in [2.45, 2.75) is 247 Å². The number of rotatable bonds is 13. The standard InChI is InChI=1S/C57H92O26/c1-24-40(79-45-37(68)33(64)28(62)19-74-45)36(67)39(70)46(77-24)81-42-41(80-49-43(71)57(73,22-60)23-76-49)29(63)20-75-48(42)83-50(72)56-14-12-51(2,3)16-26(56)25-8-9-32-52(4)17-27(61)44(82-47-38(69)35(66)34(65)30(18-58)78-47)53(5,21-59)31(52)10-11-55(32,7)54(25,6)13-15-56/h8,24,26-49,58-71,73H,9-23H2,1-7H3/t24-,26-,27-,28+,29+,30+,31+,32+,33-,34+,35-,36+,37+,38+,39+,40-,41+,42+,43-,44-,45-,46-,47-,48-,49-,52-,53-,54+,55+,56-,57+/m0/s1. The molecule has 83 heavy (non-hydrogen) atoms. The topological polar surface area (TPSA) is 413 Å². The molecule has 0 spiro atoms. The lowest BCUT2D eigenvalue weighted by molar-refractivity contribution is -0.376. The highest BCUT2D eigenvalue weighted by atomic mass is 16.8. The number of aliphatic hydroxyl groups excluding tert-OH is 14. The minimum atomic E-state index is -2.15. The van der Waals surface area contributed by atoms with Gasteiger partial charge in [-0.1, -0.05) is 53.2 Å². The van der Waals surface area contributed by atoms with E-state index in [-0.39, 0.29) is 29.6 Å². The van der Waals surface area contributed by atoms with Crippen molar-refractivity contribution in [1.29, 1.82) is 0 Å². The molecule has 0 aromatic rings. The summed E-state index contributed by atoms with van der Waals surface area (Å²) in [7, 11) is 0. The molecule has 0 bridgehead atoms. The van der Waals surface area contributed by atoms with Crippen molar-refractivity contribution >= 4 is 5.97 Å². The summed E-state index contributed by atoms with van der Waals surface area (Å²) in [6, 6.07) is 0. The van der Waals surface area contributed by atoms with Gasteiger partial charge in [-0.3, -0.25) is 4.79 Å². The van der Waals surface area contributed by atoms with Crippen LogP contribution in [0.2, 0.25) is 0 Å². The summed E-state index contributed by atoms with van der Waals surface area (Å²) in [5.74, 6) is -1.26. The van der Waals surface area contributed by atoms with Crippen LogP contribution >= 0.6 is 0 Å². The average molecular weight is 1190 g/mol. The smallest absolute Gasteiger partial charge is 0.315 e. The maximum absolute atomic E-state index is 15.7. The van der Waals surface area contributed by atoms with Gasteiger partial charge < -0.3 is 124 Å². The van der Waals surface area contributed by atoms with Gasteiger partial charge in [-0.05, 0) is 104 Å². The van der Waals surface area contributed by atoms with Crippen molar-refractivity contribution < 1.29 is 129 Å². The fourth-order valence-corrected chi connectivity index (χ4v) is 17.3. The van der Waals surface area contributed by atoms with Gasteiger partial charge in [0.05, 0.1) is 63.4 Å². The van der Waals surface area contributed by atoms with E-state index in [9.17, 15) is 76.6 Å². The van der Waals surface area contributed by atoms with Crippen molar-refractivity contribution in [1.82, 2.24) is 0 Å². The van der Waals surface area contributed by atoms with Gasteiger partial charge in [0.25, 0.3) is 0 Å². The van der Waals surface area contributed by atoms with E-state index >= 15 is 4.79 Å². The maximum atomic E-state index is 15.7. The Labute approximate surface area is 482 Å². The van der Waals surface area contributed by atoms with Crippen molar-refractivity contribution in [3.8, 4) is 0 Å². The lowest BCUT2D eigenvalue weighted by Gasteiger charge is -2.72. The molecule has 10 rings (SSSR count). The summed E-state index contributed by atoms with van der Waals surface area (Å²) in [6.07, 6.45) is -27.7. The van der Waals surface area contributed by atoms with Crippen molar-refractivity contribution in [3.05, 3.63) is 11.6 Å². The molecule has 4 saturated carbocycles. The highest BCUT2D eigenvalue weighted by molar-refractivity contribution is 5.79.